The van der Waals surface area contributed by atoms with Crippen LogP contribution in [0, 0.1) is 0 Å². The largest absolute Gasteiger partial charge is 0.495 e. The molecule has 2 aromatic heterocycles. The van der Waals surface area contributed by atoms with Crippen LogP contribution in [0.4, 0.5) is 19.0 Å². The van der Waals surface area contributed by atoms with E-state index in [1.54, 1.807) is 36.9 Å². The summed E-state index contributed by atoms with van der Waals surface area (Å²) in [6, 6.07) is 3.32. The molecule has 0 fully saturated rings. The second-order valence-electron chi connectivity index (χ2n) is 6.77. The van der Waals surface area contributed by atoms with Gasteiger partial charge in [0.25, 0.3) is 5.91 Å². The third-order valence-corrected chi connectivity index (χ3v) is 4.40. The van der Waals surface area contributed by atoms with Crippen LogP contribution in [-0.4, -0.2) is 61.2 Å². The first kappa shape index (κ1) is 23.2. The topological polar surface area (TPSA) is 67.8 Å². The van der Waals surface area contributed by atoms with Crippen molar-refractivity contribution in [3.63, 3.8) is 0 Å². The first-order valence-corrected chi connectivity index (χ1v) is 9.26. The van der Waals surface area contributed by atoms with Crippen LogP contribution in [0.1, 0.15) is 29.8 Å². The Balaban J connectivity index is 2.14. The van der Waals surface area contributed by atoms with Gasteiger partial charge in [-0.25, -0.2) is 9.97 Å². The molecule has 0 bridgehead atoms. The summed E-state index contributed by atoms with van der Waals surface area (Å²) in [5, 5.41) is 0. The number of hydrogen-bond acceptors (Lipinski definition) is 6. The first-order valence-electron chi connectivity index (χ1n) is 9.26. The lowest BCUT2D eigenvalue weighted by atomic mass is 10.1. The summed E-state index contributed by atoms with van der Waals surface area (Å²) in [5.74, 6) is 0.745. The molecule has 0 spiro atoms. The summed E-state index contributed by atoms with van der Waals surface area (Å²) >= 11 is 0. The Hall–Kier alpha value is -3.04. The van der Waals surface area contributed by atoms with E-state index in [-0.39, 0.29) is 24.4 Å². The van der Waals surface area contributed by atoms with Crippen LogP contribution in [0.25, 0.3) is 0 Å². The van der Waals surface area contributed by atoms with Gasteiger partial charge in [-0.2, -0.15) is 13.2 Å². The lowest BCUT2D eigenvalue weighted by molar-refractivity contribution is -0.137. The van der Waals surface area contributed by atoms with Gasteiger partial charge in [0, 0.05) is 32.9 Å². The molecule has 0 aromatic carbocycles. The van der Waals surface area contributed by atoms with E-state index in [4.69, 9.17) is 9.47 Å². The molecule has 0 aliphatic rings. The molecule has 0 saturated heterocycles. The average molecular weight is 426 g/mol. The van der Waals surface area contributed by atoms with Crippen molar-refractivity contribution in [1.82, 2.24) is 14.9 Å². The molecule has 30 heavy (non-hydrogen) atoms. The molecule has 164 valence electrons. The molecule has 0 N–H and O–H groups in total. The number of anilines is 1. The normalized spacial score (nSPS) is 12.3. The van der Waals surface area contributed by atoms with Gasteiger partial charge in [-0.3, -0.25) is 4.79 Å². The molecule has 0 radical (unpaired) electrons. The lowest BCUT2D eigenvalue weighted by Gasteiger charge is -2.29. The van der Waals surface area contributed by atoms with Crippen LogP contribution >= 0.6 is 0 Å². The van der Waals surface area contributed by atoms with Gasteiger partial charge in [0.2, 0.25) is 5.88 Å². The zero-order valence-electron chi connectivity index (χ0n) is 17.5. The molecule has 0 saturated carbocycles. The van der Waals surface area contributed by atoms with E-state index in [0.717, 1.165) is 12.1 Å². The molecule has 1 unspecified atom stereocenters. The highest BCUT2D eigenvalue weighted by atomic mass is 19.4. The van der Waals surface area contributed by atoms with E-state index in [1.165, 1.54) is 13.3 Å². The second kappa shape index (κ2) is 9.64. The van der Waals surface area contributed by atoms with E-state index < -0.39 is 11.7 Å². The third-order valence-electron chi connectivity index (χ3n) is 4.40. The molecule has 10 heteroatoms. The van der Waals surface area contributed by atoms with Gasteiger partial charge in [-0.15, -0.1) is 0 Å². The fourth-order valence-corrected chi connectivity index (χ4v) is 2.80. The van der Waals surface area contributed by atoms with E-state index in [0.29, 0.717) is 29.9 Å². The standard InChI is InChI=1S/C20H25F3N4O3/c1-6-27(19(28)16-9-15(29-5)11-25-18(16)26(3)4)13(2)12-30-17-8-7-14(10-24-17)20(21,22)23/h7-11,13H,6,12H2,1-5H3. The van der Waals surface area contributed by atoms with Gasteiger partial charge in [0.15, 0.2) is 0 Å². The van der Waals surface area contributed by atoms with Gasteiger partial charge < -0.3 is 19.3 Å². The van der Waals surface area contributed by atoms with Crippen LogP contribution in [-0.2, 0) is 6.18 Å². The minimum Gasteiger partial charge on any atom is -0.495 e. The number of methoxy groups -OCH3 is 1. The molecular formula is C20H25F3N4O3. The number of halogens is 3. The molecule has 2 aromatic rings. The third kappa shape index (κ3) is 5.52. The van der Waals surface area contributed by atoms with E-state index in [9.17, 15) is 18.0 Å². The minimum absolute atomic E-state index is 0.0513. The quantitative estimate of drug-likeness (QED) is 0.644. The number of carbonyl (C=O) groups excluding carboxylic acids is 1. The number of aromatic nitrogens is 2. The highest BCUT2D eigenvalue weighted by molar-refractivity contribution is 5.99. The van der Waals surface area contributed by atoms with Crippen LogP contribution in [0.2, 0.25) is 0 Å². The number of hydrogen-bond donors (Lipinski definition) is 0. The van der Waals surface area contributed by atoms with Crippen molar-refractivity contribution >= 4 is 11.7 Å². The molecule has 1 atom stereocenters. The van der Waals surface area contributed by atoms with E-state index in [1.807, 2.05) is 6.92 Å². The molecule has 0 aliphatic heterocycles. The summed E-state index contributed by atoms with van der Waals surface area (Å²) in [5.41, 5.74) is -0.476. The monoisotopic (exact) mass is 426 g/mol. The second-order valence-corrected chi connectivity index (χ2v) is 6.77. The molecule has 7 nitrogen and oxygen atoms in total. The number of rotatable bonds is 8. The Morgan fingerprint density at radius 1 is 1.20 bits per heavy atom. The summed E-state index contributed by atoms with van der Waals surface area (Å²) < 4.78 is 48.6. The maximum Gasteiger partial charge on any atom is 0.417 e. The van der Waals surface area contributed by atoms with Crippen molar-refractivity contribution in [2.24, 2.45) is 0 Å². The van der Waals surface area contributed by atoms with Crippen molar-refractivity contribution < 1.29 is 27.4 Å². The van der Waals surface area contributed by atoms with Crippen LogP contribution in [0.15, 0.2) is 30.6 Å². The van der Waals surface area contributed by atoms with Crippen LogP contribution in [0.5, 0.6) is 11.6 Å². The fourth-order valence-electron chi connectivity index (χ4n) is 2.80. The van der Waals surface area contributed by atoms with Gasteiger partial charge >= 0.3 is 6.18 Å². The zero-order valence-corrected chi connectivity index (χ0v) is 17.5. The molecule has 1 amide bonds. The highest BCUT2D eigenvalue weighted by Crippen LogP contribution is 2.29. The number of ether oxygens (including phenoxy) is 2. The number of pyridine rings is 2. The van der Waals surface area contributed by atoms with Gasteiger partial charge in [0.05, 0.1) is 30.5 Å². The van der Waals surface area contributed by atoms with Crippen LogP contribution < -0.4 is 14.4 Å². The smallest absolute Gasteiger partial charge is 0.417 e. The fraction of sp³-hybridized carbons (Fsp3) is 0.450. The average Bonchev–Trinajstić information content (AvgIpc) is 2.71. The Morgan fingerprint density at radius 2 is 1.90 bits per heavy atom. The number of nitrogens with zero attached hydrogens (tertiary/aromatic N) is 4. The van der Waals surface area contributed by atoms with Crippen molar-refractivity contribution in [2.75, 3.05) is 39.3 Å². The Labute approximate surface area is 173 Å². The molecule has 2 rings (SSSR count). The Bertz CT molecular complexity index is 857. The zero-order chi connectivity index (χ0) is 22.5. The highest BCUT2D eigenvalue weighted by Gasteiger charge is 2.31. The number of alkyl halides is 3. The van der Waals surface area contributed by atoms with Gasteiger partial charge in [0.1, 0.15) is 18.2 Å². The number of likely N-dealkylation sites (N-methyl/N-ethyl adjacent to an activating group) is 1. The predicted molar refractivity (Wildman–Crippen MR) is 106 cm³/mol. The number of carbonyl (C=O) groups is 1. The summed E-state index contributed by atoms with van der Waals surface area (Å²) in [6.07, 6.45) is -2.21. The predicted octanol–water partition coefficient (Wildman–Crippen LogP) is 3.50. The SMILES string of the molecule is CCN(C(=O)c1cc(OC)cnc1N(C)C)C(C)COc1ccc(C(F)(F)F)cn1. The van der Waals surface area contributed by atoms with E-state index >= 15 is 0 Å². The summed E-state index contributed by atoms with van der Waals surface area (Å²) in [7, 11) is 5.06. The lowest BCUT2D eigenvalue weighted by Crippen LogP contribution is -2.42. The van der Waals surface area contributed by atoms with Crippen molar-refractivity contribution in [1.29, 1.82) is 0 Å². The van der Waals surface area contributed by atoms with Gasteiger partial charge in [-0.1, -0.05) is 0 Å². The van der Waals surface area contributed by atoms with Crippen LogP contribution in [0.3, 0.4) is 0 Å². The molecular weight excluding hydrogens is 401 g/mol. The summed E-state index contributed by atoms with van der Waals surface area (Å²) in [4.78, 5) is 24.5. The Kier molecular flexibility index (Phi) is 7.47. The van der Waals surface area contributed by atoms with Crippen molar-refractivity contribution in [3.8, 4) is 11.6 Å². The number of amides is 1. The molecule has 2 heterocycles. The Morgan fingerprint density at radius 3 is 2.40 bits per heavy atom. The first-order chi connectivity index (χ1) is 14.1. The molecule has 0 aliphatic carbocycles. The van der Waals surface area contributed by atoms with Gasteiger partial charge in [-0.05, 0) is 26.0 Å². The maximum atomic E-state index is 13.2. The maximum absolute atomic E-state index is 13.2. The summed E-state index contributed by atoms with van der Waals surface area (Å²) in [6.45, 7) is 4.07. The van der Waals surface area contributed by atoms with Crippen molar-refractivity contribution in [3.05, 3.63) is 41.7 Å². The van der Waals surface area contributed by atoms with Crippen molar-refractivity contribution in [2.45, 2.75) is 26.1 Å². The minimum atomic E-state index is -4.46. The van der Waals surface area contributed by atoms with E-state index in [2.05, 4.69) is 9.97 Å².